The molecule has 1 aromatic heterocycles. The summed E-state index contributed by atoms with van der Waals surface area (Å²) in [5.41, 5.74) is 2.03. The van der Waals surface area contributed by atoms with Crippen LogP contribution in [0.25, 0.3) is 0 Å². The second-order valence-corrected chi connectivity index (χ2v) is 14.7. The van der Waals surface area contributed by atoms with Crippen LogP contribution in [0.4, 0.5) is 0 Å². The maximum absolute atomic E-state index is 12.6. The number of carbonyl (C=O) groups is 1. The zero-order chi connectivity index (χ0) is 26.2. The number of ether oxygens (including phenoxy) is 1. The number of aromatic amines is 1. The Morgan fingerprint density at radius 2 is 1.81 bits per heavy atom. The highest BCUT2D eigenvalue weighted by Gasteiger charge is 2.60. The summed E-state index contributed by atoms with van der Waals surface area (Å²) in [6.45, 7) is 12.7. The van der Waals surface area contributed by atoms with E-state index in [1.165, 1.54) is 64.2 Å². The molecule has 0 radical (unpaired) electrons. The van der Waals surface area contributed by atoms with E-state index >= 15 is 0 Å². The summed E-state index contributed by atoms with van der Waals surface area (Å²) in [6, 6.07) is 0. The van der Waals surface area contributed by atoms with Gasteiger partial charge < -0.3 is 9.72 Å². The smallest absolute Gasteiger partial charge is 0.306 e. The van der Waals surface area contributed by atoms with Gasteiger partial charge in [-0.15, -0.1) is 0 Å². The first kappa shape index (κ1) is 27.3. The minimum absolute atomic E-state index is 0.0372. The van der Waals surface area contributed by atoms with E-state index < -0.39 is 0 Å². The number of aromatic nitrogens is 2. The third-order valence-corrected chi connectivity index (χ3v) is 12.3. The van der Waals surface area contributed by atoms with Crippen LogP contribution in [0.3, 0.4) is 0 Å². The average molecular weight is 511 g/mol. The van der Waals surface area contributed by atoms with E-state index in [1.54, 1.807) is 12.5 Å². The molecule has 0 amide bonds. The summed E-state index contributed by atoms with van der Waals surface area (Å²) < 4.78 is 6.02. The van der Waals surface area contributed by atoms with Gasteiger partial charge in [0.1, 0.15) is 6.10 Å². The molecule has 4 saturated carbocycles. The van der Waals surface area contributed by atoms with Gasteiger partial charge in [0.25, 0.3) is 0 Å². The molecule has 0 spiro atoms. The van der Waals surface area contributed by atoms with Crippen LogP contribution in [-0.2, 0) is 16.0 Å². The van der Waals surface area contributed by atoms with Crippen LogP contribution < -0.4 is 0 Å². The van der Waals surface area contributed by atoms with Crippen LogP contribution in [0.2, 0.25) is 0 Å². The summed E-state index contributed by atoms with van der Waals surface area (Å²) in [5, 5.41) is 0. The monoisotopic (exact) mass is 510 g/mol. The Kier molecular flexibility index (Phi) is 8.14. The highest BCUT2D eigenvalue weighted by Crippen LogP contribution is 2.68. The third-order valence-electron chi connectivity index (χ3n) is 12.3. The third kappa shape index (κ3) is 5.42. The molecule has 9 atom stereocenters. The minimum Gasteiger partial charge on any atom is -0.462 e. The van der Waals surface area contributed by atoms with Crippen LogP contribution in [0.5, 0.6) is 0 Å². The minimum atomic E-state index is -0.0372. The molecule has 5 rings (SSSR count). The molecule has 1 heterocycles. The van der Waals surface area contributed by atoms with Gasteiger partial charge in [-0.3, -0.25) is 4.79 Å². The number of esters is 1. The lowest BCUT2D eigenvalue weighted by atomic mass is 9.44. The van der Waals surface area contributed by atoms with Crippen molar-refractivity contribution in [3.8, 4) is 0 Å². The normalized spacial score (nSPS) is 40.1. The van der Waals surface area contributed by atoms with Gasteiger partial charge in [-0.25, -0.2) is 4.98 Å². The highest BCUT2D eigenvalue weighted by molar-refractivity contribution is 5.69. The highest BCUT2D eigenvalue weighted by atomic mass is 16.5. The first-order chi connectivity index (χ1) is 17.7. The van der Waals surface area contributed by atoms with E-state index in [-0.39, 0.29) is 12.1 Å². The molecule has 0 aromatic carbocycles. The quantitative estimate of drug-likeness (QED) is 0.339. The van der Waals surface area contributed by atoms with Gasteiger partial charge in [0.2, 0.25) is 0 Å². The lowest BCUT2D eigenvalue weighted by Gasteiger charge is -2.61. The fourth-order valence-corrected chi connectivity index (χ4v) is 10.3. The van der Waals surface area contributed by atoms with E-state index in [0.717, 1.165) is 60.0 Å². The van der Waals surface area contributed by atoms with Crippen molar-refractivity contribution >= 4 is 5.97 Å². The second-order valence-electron chi connectivity index (χ2n) is 14.7. The number of nitrogens with zero attached hydrogens (tertiary/aromatic N) is 1. The summed E-state index contributed by atoms with van der Waals surface area (Å²) in [4.78, 5) is 19.7. The van der Waals surface area contributed by atoms with Gasteiger partial charge >= 0.3 is 5.97 Å². The van der Waals surface area contributed by atoms with E-state index in [2.05, 4.69) is 44.6 Å². The van der Waals surface area contributed by atoms with E-state index in [1.807, 2.05) is 0 Å². The predicted molar refractivity (Wildman–Crippen MR) is 150 cm³/mol. The number of fused-ring (bicyclic) bond motifs is 5. The zero-order valence-corrected chi connectivity index (χ0v) is 24.4. The topological polar surface area (TPSA) is 55.0 Å². The molecule has 1 N–H and O–H groups in total. The number of imidazole rings is 1. The Labute approximate surface area is 226 Å². The standard InChI is InChI=1S/C33H54N2O2/c1-22(2)7-6-8-23(3)28-12-13-29-27-11-9-24-19-26(37-31(36)14-10-25-20-34-21-35-25)15-17-32(24,4)30(27)16-18-33(28,29)5/h20-24,26-30H,6-19H2,1-5H3,(H,34,35)/t23-,24-,26+,27+,28-,29+,30+,32+,33-/m1/s1. The van der Waals surface area contributed by atoms with Crippen LogP contribution in [0.1, 0.15) is 124 Å². The number of aryl methyl sites for hydroxylation is 1. The fourth-order valence-electron chi connectivity index (χ4n) is 10.3. The number of rotatable bonds is 9. The van der Waals surface area contributed by atoms with Crippen molar-refractivity contribution in [2.24, 2.45) is 52.3 Å². The van der Waals surface area contributed by atoms with Gasteiger partial charge in [0.15, 0.2) is 0 Å². The Bertz CT molecular complexity index is 896. The molecule has 0 unspecified atom stereocenters. The first-order valence-corrected chi connectivity index (χ1v) is 15.9. The van der Waals surface area contributed by atoms with Crippen molar-refractivity contribution in [3.05, 3.63) is 18.2 Å². The Morgan fingerprint density at radius 3 is 2.57 bits per heavy atom. The molecule has 4 aliphatic carbocycles. The van der Waals surface area contributed by atoms with Gasteiger partial charge in [-0.1, -0.05) is 53.9 Å². The molecular formula is C33H54N2O2. The van der Waals surface area contributed by atoms with Crippen LogP contribution in [0, 0.1) is 52.3 Å². The zero-order valence-electron chi connectivity index (χ0n) is 24.4. The van der Waals surface area contributed by atoms with E-state index in [4.69, 9.17) is 4.74 Å². The van der Waals surface area contributed by atoms with Crippen LogP contribution in [0.15, 0.2) is 12.5 Å². The van der Waals surface area contributed by atoms with Gasteiger partial charge in [-0.2, -0.15) is 0 Å². The van der Waals surface area contributed by atoms with Crippen molar-refractivity contribution in [3.63, 3.8) is 0 Å². The van der Waals surface area contributed by atoms with E-state index in [9.17, 15) is 4.79 Å². The molecular weight excluding hydrogens is 456 g/mol. The van der Waals surface area contributed by atoms with Gasteiger partial charge in [-0.05, 0) is 116 Å². The maximum atomic E-state index is 12.6. The average Bonchev–Trinajstić information content (AvgIpc) is 3.50. The number of nitrogens with one attached hydrogen (secondary N) is 1. The molecule has 0 bridgehead atoms. The Hall–Kier alpha value is -1.32. The Morgan fingerprint density at radius 1 is 1.03 bits per heavy atom. The van der Waals surface area contributed by atoms with E-state index in [0.29, 0.717) is 23.7 Å². The Balaban J connectivity index is 1.17. The van der Waals surface area contributed by atoms with Crippen molar-refractivity contribution in [1.29, 1.82) is 0 Å². The van der Waals surface area contributed by atoms with Crippen molar-refractivity contribution in [1.82, 2.24) is 9.97 Å². The lowest BCUT2D eigenvalue weighted by Crippen LogP contribution is -2.54. The molecule has 4 nitrogen and oxygen atoms in total. The molecule has 4 fully saturated rings. The fraction of sp³-hybridized carbons (Fsp3) is 0.879. The van der Waals surface area contributed by atoms with Crippen molar-refractivity contribution in [2.75, 3.05) is 0 Å². The molecule has 37 heavy (non-hydrogen) atoms. The SMILES string of the molecule is CC(C)CCC[C@@H](C)[C@H]1CC[C@H]2[C@@H]3CC[C@@H]4C[C@@H](OC(=O)CCc5cnc[nH]5)CC[C@]4(C)[C@H]3CC[C@]12C. The van der Waals surface area contributed by atoms with Gasteiger partial charge in [0, 0.05) is 11.9 Å². The number of hydrogen-bond acceptors (Lipinski definition) is 3. The number of hydrogen-bond donors (Lipinski definition) is 1. The first-order valence-electron chi connectivity index (χ1n) is 15.9. The molecule has 0 aliphatic heterocycles. The maximum Gasteiger partial charge on any atom is 0.306 e. The number of H-pyrrole nitrogens is 1. The summed E-state index contributed by atoms with van der Waals surface area (Å²) in [6.07, 6.45) is 21.0. The molecule has 0 saturated heterocycles. The van der Waals surface area contributed by atoms with Crippen molar-refractivity contribution < 1.29 is 9.53 Å². The van der Waals surface area contributed by atoms with Crippen molar-refractivity contribution in [2.45, 2.75) is 131 Å². The molecule has 4 heteroatoms. The lowest BCUT2D eigenvalue weighted by molar-refractivity contribution is -0.162. The van der Waals surface area contributed by atoms with Crippen LogP contribution in [-0.4, -0.2) is 22.0 Å². The molecule has 1 aromatic rings. The summed E-state index contributed by atoms with van der Waals surface area (Å²) in [7, 11) is 0. The molecule has 208 valence electrons. The van der Waals surface area contributed by atoms with Gasteiger partial charge in [0.05, 0.1) is 12.7 Å². The van der Waals surface area contributed by atoms with Crippen LogP contribution >= 0.6 is 0 Å². The number of carbonyl (C=O) groups excluding carboxylic acids is 1. The second kappa shape index (κ2) is 11.0. The summed E-state index contributed by atoms with van der Waals surface area (Å²) in [5.74, 6) is 6.11. The summed E-state index contributed by atoms with van der Waals surface area (Å²) >= 11 is 0. The predicted octanol–water partition coefficient (Wildman–Crippen LogP) is 8.38. The largest absolute Gasteiger partial charge is 0.462 e. The molecule has 4 aliphatic rings.